The smallest absolute Gasteiger partial charge is 0.120 e. The van der Waals surface area contributed by atoms with Gasteiger partial charge in [0.05, 0.1) is 0 Å². The molecule has 0 radical (unpaired) electrons. The average molecular weight is 284 g/mol. The molecule has 3 heteroatoms. The number of halogens is 1. The molecule has 0 fully saturated rings. The molecule has 0 saturated heterocycles. The van der Waals surface area contributed by atoms with E-state index in [9.17, 15) is 0 Å². The van der Waals surface area contributed by atoms with Gasteiger partial charge in [0.1, 0.15) is 12.4 Å². The van der Waals surface area contributed by atoms with Crippen LogP contribution in [0.4, 0.5) is 0 Å². The van der Waals surface area contributed by atoms with Crippen LogP contribution in [0.5, 0.6) is 5.75 Å². The van der Waals surface area contributed by atoms with Crippen LogP contribution >= 0.6 is 15.9 Å². The predicted octanol–water partition coefficient (Wildman–Crippen LogP) is 3.51. The molecule has 16 heavy (non-hydrogen) atoms. The van der Waals surface area contributed by atoms with Crippen LogP contribution in [0.3, 0.4) is 0 Å². The monoisotopic (exact) mass is 283 g/mol. The number of rotatable bonds is 6. The molecule has 1 aromatic rings. The van der Waals surface area contributed by atoms with Crippen molar-refractivity contribution >= 4 is 15.9 Å². The lowest BCUT2D eigenvalue weighted by molar-refractivity contribution is 0.362. The minimum Gasteiger partial charge on any atom is -0.490 e. The molecule has 0 spiro atoms. The maximum absolute atomic E-state index is 5.49. The minimum atomic E-state index is 0.477. The first kappa shape index (κ1) is 13.3. The van der Waals surface area contributed by atoms with Gasteiger partial charge in [-0.1, -0.05) is 42.4 Å². The van der Waals surface area contributed by atoms with Crippen LogP contribution in [-0.2, 0) is 6.54 Å². The second-order valence-electron chi connectivity index (χ2n) is 3.89. The van der Waals surface area contributed by atoms with Gasteiger partial charge in [-0.2, -0.15) is 0 Å². The minimum absolute atomic E-state index is 0.477. The molecular weight excluding hydrogens is 266 g/mol. The standard InChI is InChI=1S/C13H18BrNO/c1-4-7-16-12-5-6-13(14)11(8-12)9-15-10(2)3/h4-6,8,10,15H,1,7,9H2,2-3H3. The molecule has 0 heterocycles. The lowest BCUT2D eigenvalue weighted by Gasteiger charge is -2.11. The van der Waals surface area contributed by atoms with E-state index in [2.05, 4.69) is 41.7 Å². The highest BCUT2D eigenvalue weighted by molar-refractivity contribution is 9.10. The average Bonchev–Trinajstić information content (AvgIpc) is 2.26. The Morgan fingerprint density at radius 3 is 2.88 bits per heavy atom. The fourth-order valence-corrected chi connectivity index (χ4v) is 1.63. The van der Waals surface area contributed by atoms with Crippen molar-refractivity contribution in [3.05, 3.63) is 40.9 Å². The van der Waals surface area contributed by atoms with E-state index < -0.39 is 0 Å². The Morgan fingerprint density at radius 1 is 1.50 bits per heavy atom. The van der Waals surface area contributed by atoms with Gasteiger partial charge in [-0.3, -0.25) is 0 Å². The van der Waals surface area contributed by atoms with E-state index in [1.165, 1.54) is 5.56 Å². The zero-order chi connectivity index (χ0) is 12.0. The molecule has 0 aliphatic heterocycles. The molecular formula is C13H18BrNO. The molecule has 0 bridgehead atoms. The Morgan fingerprint density at radius 2 is 2.25 bits per heavy atom. The Hall–Kier alpha value is -0.800. The summed E-state index contributed by atoms with van der Waals surface area (Å²) in [6.07, 6.45) is 1.74. The highest BCUT2D eigenvalue weighted by Gasteiger charge is 2.03. The van der Waals surface area contributed by atoms with Crippen LogP contribution in [0.15, 0.2) is 35.3 Å². The third-order valence-corrected chi connectivity index (χ3v) is 2.86. The molecule has 0 saturated carbocycles. The van der Waals surface area contributed by atoms with Gasteiger partial charge in [0.15, 0.2) is 0 Å². The third kappa shape index (κ3) is 4.37. The van der Waals surface area contributed by atoms with Crippen molar-refractivity contribution in [2.45, 2.75) is 26.4 Å². The Bertz CT molecular complexity index is 350. The van der Waals surface area contributed by atoms with E-state index in [1.807, 2.05) is 18.2 Å². The second kappa shape index (κ2) is 6.71. The number of hydrogen-bond donors (Lipinski definition) is 1. The van der Waals surface area contributed by atoms with Crippen molar-refractivity contribution in [1.29, 1.82) is 0 Å². The molecule has 1 N–H and O–H groups in total. The quantitative estimate of drug-likeness (QED) is 0.807. The summed E-state index contributed by atoms with van der Waals surface area (Å²) in [5, 5.41) is 3.38. The fourth-order valence-electron chi connectivity index (χ4n) is 1.25. The summed E-state index contributed by atoms with van der Waals surface area (Å²) in [7, 11) is 0. The first-order valence-corrected chi connectivity index (χ1v) is 6.18. The van der Waals surface area contributed by atoms with Crippen molar-refractivity contribution in [3.63, 3.8) is 0 Å². The van der Waals surface area contributed by atoms with E-state index in [0.717, 1.165) is 16.8 Å². The molecule has 88 valence electrons. The SMILES string of the molecule is C=CCOc1ccc(Br)c(CNC(C)C)c1. The summed E-state index contributed by atoms with van der Waals surface area (Å²) in [6, 6.07) is 6.48. The van der Waals surface area contributed by atoms with Crippen molar-refractivity contribution in [1.82, 2.24) is 5.32 Å². The fraction of sp³-hybridized carbons (Fsp3) is 0.385. The van der Waals surface area contributed by atoms with Gasteiger partial charge in [0, 0.05) is 17.1 Å². The summed E-state index contributed by atoms with van der Waals surface area (Å²) >= 11 is 3.53. The highest BCUT2D eigenvalue weighted by atomic mass is 79.9. The van der Waals surface area contributed by atoms with Crippen LogP contribution in [-0.4, -0.2) is 12.6 Å². The summed E-state index contributed by atoms with van der Waals surface area (Å²) in [5.41, 5.74) is 1.20. The summed E-state index contributed by atoms with van der Waals surface area (Å²) < 4.78 is 6.59. The van der Waals surface area contributed by atoms with Crippen LogP contribution in [0.1, 0.15) is 19.4 Å². The number of ether oxygens (including phenoxy) is 1. The molecule has 0 amide bonds. The molecule has 0 atom stereocenters. The third-order valence-electron chi connectivity index (χ3n) is 2.09. The molecule has 1 aromatic carbocycles. The van der Waals surface area contributed by atoms with Gasteiger partial charge in [0.25, 0.3) is 0 Å². The summed E-state index contributed by atoms with van der Waals surface area (Å²) in [4.78, 5) is 0. The Labute approximate surface area is 106 Å². The van der Waals surface area contributed by atoms with Gasteiger partial charge < -0.3 is 10.1 Å². The Kier molecular flexibility index (Phi) is 5.56. The van der Waals surface area contributed by atoms with Crippen LogP contribution in [0.2, 0.25) is 0 Å². The van der Waals surface area contributed by atoms with Crippen LogP contribution < -0.4 is 10.1 Å². The van der Waals surface area contributed by atoms with Crippen molar-refractivity contribution in [3.8, 4) is 5.75 Å². The van der Waals surface area contributed by atoms with E-state index >= 15 is 0 Å². The Balaban J connectivity index is 2.69. The van der Waals surface area contributed by atoms with Crippen molar-refractivity contribution in [2.75, 3.05) is 6.61 Å². The first-order valence-electron chi connectivity index (χ1n) is 5.39. The van der Waals surface area contributed by atoms with E-state index in [-0.39, 0.29) is 0 Å². The van der Waals surface area contributed by atoms with E-state index in [1.54, 1.807) is 6.08 Å². The zero-order valence-corrected chi connectivity index (χ0v) is 11.4. The number of hydrogen-bond acceptors (Lipinski definition) is 2. The normalized spacial score (nSPS) is 10.5. The molecule has 2 nitrogen and oxygen atoms in total. The van der Waals surface area contributed by atoms with E-state index in [0.29, 0.717) is 12.6 Å². The van der Waals surface area contributed by atoms with Gasteiger partial charge >= 0.3 is 0 Å². The highest BCUT2D eigenvalue weighted by Crippen LogP contribution is 2.22. The first-order chi connectivity index (χ1) is 7.63. The molecule has 1 rings (SSSR count). The lowest BCUT2D eigenvalue weighted by Crippen LogP contribution is -2.22. The van der Waals surface area contributed by atoms with Gasteiger partial charge in [-0.25, -0.2) is 0 Å². The number of benzene rings is 1. The predicted molar refractivity (Wildman–Crippen MR) is 71.8 cm³/mol. The van der Waals surface area contributed by atoms with Gasteiger partial charge in [0.2, 0.25) is 0 Å². The lowest BCUT2D eigenvalue weighted by atomic mass is 10.2. The second-order valence-corrected chi connectivity index (χ2v) is 4.74. The maximum atomic E-state index is 5.49. The van der Waals surface area contributed by atoms with Crippen molar-refractivity contribution < 1.29 is 4.74 Å². The van der Waals surface area contributed by atoms with E-state index in [4.69, 9.17) is 4.74 Å². The van der Waals surface area contributed by atoms with Crippen LogP contribution in [0, 0.1) is 0 Å². The van der Waals surface area contributed by atoms with Gasteiger partial charge in [-0.05, 0) is 23.8 Å². The summed E-state index contributed by atoms with van der Waals surface area (Å²) in [6.45, 7) is 9.27. The van der Waals surface area contributed by atoms with Gasteiger partial charge in [-0.15, -0.1) is 0 Å². The molecule has 0 unspecified atom stereocenters. The van der Waals surface area contributed by atoms with Crippen LogP contribution in [0.25, 0.3) is 0 Å². The molecule has 0 aromatic heterocycles. The molecule has 0 aliphatic rings. The van der Waals surface area contributed by atoms with Crippen molar-refractivity contribution in [2.24, 2.45) is 0 Å². The summed E-state index contributed by atoms with van der Waals surface area (Å²) in [5.74, 6) is 0.878. The maximum Gasteiger partial charge on any atom is 0.120 e. The zero-order valence-electron chi connectivity index (χ0n) is 9.79. The molecule has 0 aliphatic carbocycles. The topological polar surface area (TPSA) is 21.3 Å². The number of nitrogens with one attached hydrogen (secondary N) is 1. The largest absolute Gasteiger partial charge is 0.490 e.